The van der Waals surface area contributed by atoms with Crippen LogP contribution in [-0.4, -0.2) is 35.3 Å². The Morgan fingerprint density at radius 1 is 1.50 bits per heavy atom. The Bertz CT molecular complexity index is 594. The molecule has 2 aromatic rings. The zero-order valence-electron chi connectivity index (χ0n) is 10.5. The SMILES string of the molecule is C=Nn1c(C)c(-c2cn[nH]c2)ccc1=NCNC. The fraction of sp³-hybridized carbons (Fsp3) is 0.250. The van der Waals surface area contributed by atoms with E-state index >= 15 is 0 Å². The monoisotopic (exact) mass is 244 g/mol. The van der Waals surface area contributed by atoms with E-state index in [-0.39, 0.29) is 0 Å². The van der Waals surface area contributed by atoms with Crippen LogP contribution in [0.4, 0.5) is 0 Å². The molecule has 0 aliphatic carbocycles. The van der Waals surface area contributed by atoms with Crippen LogP contribution in [0.15, 0.2) is 34.6 Å². The average Bonchev–Trinajstić information content (AvgIpc) is 2.90. The number of aromatic nitrogens is 3. The van der Waals surface area contributed by atoms with Crippen LogP contribution in [0.25, 0.3) is 11.1 Å². The minimum Gasteiger partial charge on any atom is -0.301 e. The van der Waals surface area contributed by atoms with Crippen LogP contribution in [0.5, 0.6) is 0 Å². The lowest BCUT2D eigenvalue weighted by Crippen LogP contribution is -2.22. The zero-order chi connectivity index (χ0) is 13.0. The van der Waals surface area contributed by atoms with Crippen LogP contribution in [0, 0.1) is 6.92 Å². The van der Waals surface area contributed by atoms with Gasteiger partial charge in [0, 0.05) is 29.7 Å². The lowest BCUT2D eigenvalue weighted by Gasteiger charge is -2.09. The first kappa shape index (κ1) is 12.3. The third-order valence-corrected chi connectivity index (χ3v) is 2.67. The largest absolute Gasteiger partial charge is 0.301 e. The maximum absolute atomic E-state index is 4.37. The predicted molar refractivity (Wildman–Crippen MR) is 71.2 cm³/mol. The van der Waals surface area contributed by atoms with E-state index in [4.69, 9.17) is 0 Å². The Balaban J connectivity index is 2.58. The maximum Gasteiger partial charge on any atom is 0.150 e. The van der Waals surface area contributed by atoms with Crippen molar-refractivity contribution in [1.82, 2.24) is 20.2 Å². The summed E-state index contributed by atoms with van der Waals surface area (Å²) in [6.07, 6.45) is 3.63. The van der Waals surface area contributed by atoms with Gasteiger partial charge in [-0.1, -0.05) is 0 Å². The fourth-order valence-electron chi connectivity index (χ4n) is 1.80. The van der Waals surface area contributed by atoms with E-state index in [1.807, 2.05) is 32.3 Å². The normalized spacial score (nSPS) is 11.8. The standard InChI is InChI=1S/C12H16N6/c1-9-11(10-6-16-17-7-10)4-5-12(15-8-13-2)18(9)14-3/h4-7,13H,3,8H2,1-2H3,(H,16,17). The fourth-order valence-corrected chi connectivity index (χ4v) is 1.80. The van der Waals surface area contributed by atoms with Crippen molar-refractivity contribution >= 4 is 6.72 Å². The maximum atomic E-state index is 4.37. The lowest BCUT2D eigenvalue weighted by molar-refractivity contribution is 0.729. The molecule has 6 nitrogen and oxygen atoms in total. The number of aromatic amines is 1. The molecule has 94 valence electrons. The van der Waals surface area contributed by atoms with E-state index in [2.05, 4.69) is 32.3 Å². The van der Waals surface area contributed by atoms with Crippen LogP contribution in [0.2, 0.25) is 0 Å². The molecule has 2 heterocycles. The summed E-state index contributed by atoms with van der Waals surface area (Å²) in [5.41, 5.74) is 3.82. The van der Waals surface area contributed by atoms with Gasteiger partial charge in [0.2, 0.25) is 0 Å². The van der Waals surface area contributed by atoms with Gasteiger partial charge in [-0.15, -0.1) is 0 Å². The molecule has 0 radical (unpaired) electrons. The number of H-pyrrole nitrogens is 1. The van der Waals surface area contributed by atoms with Crippen molar-refractivity contribution in [3.63, 3.8) is 0 Å². The van der Waals surface area contributed by atoms with Gasteiger partial charge in [-0.25, -0.2) is 4.68 Å². The molecular weight excluding hydrogens is 228 g/mol. The second kappa shape index (κ2) is 5.42. The number of nitrogens with one attached hydrogen (secondary N) is 2. The highest BCUT2D eigenvalue weighted by Gasteiger charge is 2.06. The Morgan fingerprint density at radius 3 is 2.94 bits per heavy atom. The summed E-state index contributed by atoms with van der Waals surface area (Å²) in [4.78, 5) is 4.37. The number of nitrogens with zero attached hydrogens (tertiary/aromatic N) is 4. The molecule has 0 aliphatic rings. The van der Waals surface area contributed by atoms with Crippen molar-refractivity contribution in [2.24, 2.45) is 10.1 Å². The Hall–Kier alpha value is -2.21. The van der Waals surface area contributed by atoms with Crippen molar-refractivity contribution in [3.8, 4) is 11.1 Å². The molecule has 0 aromatic carbocycles. The van der Waals surface area contributed by atoms with Gasteiger partial charge in [0.25, 0.3) is 0 Å². The van der Waals surface area contributed by atoms with Crippen LogP contribution >= 0.6 is 0 Å². The predicted octanol–water partition coefficient (Wildman–Crippen LogP) is 0.728. The first-order valence-corrected chi connectivity index (χ1v) is 5.62. The quantitative estimate of drug-likeness (QED) is 0.778. The van der Waals surface area contributed by atoms with Gasteiger partial charge in [-0.3, -0.25) is 10.1 Å². The molecule has 18 heavy (non-hydrogen) atoms. The highest BCUT2D eigenvalue weighted by atomic mass is 15.4. The van der Waals surface area contributed by atoms with Gasteiger partial charge in [0.05, 0.1) is 12.9 Å². The summed E-state index contributed by atoms with van der Waals surface area (Å²) in [6.45, 7) is 6.12. The molecule has 2 aromatic heterocycles. The topological polar surface area (TPSA) is 70.4 Å². The van der Waals surface area contributed by atoms with Crippen LogP contribution < -0.4 is 10.8 Å². The van der Waals surface area contributed by atoms with Crippen molar-refractivity contribution in [3.05, 3.63) is 35.7 Å². The molecule has 0 saturated heterocycles. The van der Waals surface area contributed by atoms with Crippen molar-refractivity contribution in [2.45, 2.75) is 6.92 Å². The van der Waals surface area contributed by atoms with Gasteiger partial charge in [-0.05, 0) is 26.1 Å². The molecule has 0 amide bonds. The minimum atomic E-state index is 0.542. The van der Waals surface area contributed by atoms with E-state index in [0.29, 0.717) is 6.67 Å². The van der Waals surface area contributed by atoms with Gasteiger partial charge >= 0.3 is 0 Å². The highest BCUT2D eigenvalue weighted by molar-refractivity contribution is 5.63. The molecular formula is C12H16N6. The molecule has 0 aliphatic heterocycles. The summed E-state index contributed by atoms with van der Waals surface area (Å²) in [5, 5.41) is 13.7. The van der Waals surface area contributed by atoms with E-state index in [1.54, 1.807) is 10.9 Å². The summed E-state index contributed by atoms with van der Waals surface area (Å²) < 4.78 is 1.72. The molecule has 2 N–H and O–H groups in total. The number of hydrogen-bond donors (Lipinski definition) is 2. The van der Waals surface area contributed by atoms with Gasteiger partial charge in [-0.2, -0.15) is 10.2 Å². The molecule has 6 heteroatoms. The minimum absolute atomic E-state index is 0.542. The Kier molecular flexibility index (Phi) is 3.69. The van der Waals surface area contributed by atoms with E-state index in [9.17, 15) is 0 Å². The summed E-state index contributed by atoms with van der Waals surface area (Å²) in [5.74, 6) is 0. The van der Waals surface area contributed by atoms with E-state index in [0.717, 1.165) is 22.3 Å². The number of rotatable bonds is 4. The summed E-state index contributed by atoms with van der Waals surface area (Å²) in [7, 11) is 1.85. The van der Waals surface area contributed by atoms with Crippen LogP contribution in [0.3, 0.4) is 0 Å². The molecule has 2 rings (SSSR count). The zero-order valence-corrected chi connectivity index (χ0v) is 10.5. The summed E-state index contributed by atoms with van der Waals surface area (Å²) in [6, 6.07) is 3.93. The van der Waals surface area contributed by atoms with Gasteiger partial charge in [0.1, 0.15) is 5.49 Å². The molecule has 0 bridgehead atoms. The van der Waals surface area contributed by atoms with Crippen molar-refractivity contribution in [1.29, 1.82) is 0 Å². The van der Waals surface area contributed by atoms with E-state index in [1.165, 1.54) is 0 Å². The summed E-state index contributed by atoms with van der Waals surface area (Å²) >= 11 is 0. The van der Waals surface area contributed by atoms with E-state index < -0.39 is 0 Å². The van der Waals surface area contributed by atoms with Crippen molar-refractivity contribution < 1.29 is 0 Å². The lowest BCUT2D eigenvalue weighted by atomic mass is 10.1. The smallest absolute Gasteiger partial charge is 0.150 e. The van der Waals surface area contributed by atoms with Gasteiger partial charge in [0.15, 0.2) is 0 Å². The third kappa shape index (κ3) is 2.23. The third-order valence-electron chi connectivity index (χ3n) is 2.67. The second-order valence-corrected chi connectivity index (χ2v) is 3.80. The number of pyridine rings is 1. The van der Waals surface area contributed by atoms with Crippen LogP contribution in [0.1, 0.15) is 5.69 Å². The van der Waals surface area contributed by atoms with Gasteiger partial charge < -0.3 is 5.32 Å². The molecule has 0 saturated carbocycles. The first-order chi connectivity index (χ1) is 8.77. The Morgan fingerprint density at radius 2 is 2.33 bits per heavy atom. The van der Waals surface area contributed by atoms with Crippen molar-refractivity contribution in [2.75, 3.05) is 13.7 Å². The molecule has 0 atom stereocenters. The second-order valence-electron chi connectivity index (χ2n) is 3.80. The highest BCUT2D eigenvalue weighted by Crippen LogP contribution is 2.20. The molecule has 0 fully saturated rings. The van der Waals surface area contributed by atoms with Crippen LogP contribution in [-0.2, 0) is 0 Å². The average molecular weight is 244 g/mol. The first-order valence-electron chi connectivity index (χ1n) is 5.62. The molecule has 0 unspecified atom stereocenters. The Labute approximate surface area is 105 Å². The molecule has 0 spiro atoms. The number of hydrogen-bond acceptors (Lipinski definition) is 4.